The van der Waals surface area contributed by atoms with Crippen molar-refractivity contribution in [2.24, 2.45) is 0 Å². The molecule has 0 aromatic heterocycles. The molecule has 1 fully saturated rings. The van der Waals surface area contributed by atoms with Gasteiger partial charge in [-0.3, -0.25) is 15.0 Å². The minimum Gasteiger partial charge on any atom is -0.297 e. The van der Waals surface area contributed by atoms with Crippen LogP contribution >= 0.6 is 11.8 Å². The molecule has 0 atom stereocenters. The normalized spacial score (nSPS) is 19.3. The predicted octanol–water partition coefficient (Wildman–Crippen LogP) is 3.06. The van der Waals surface area contributed by atoms with Crippen molar-refractivity contribution in [3.63, 3.8) is 0 Å². The number of halogens is 1. The van der Waals surface area contributed by atoms with Gasteiger partial charge in [-0.15, -0.1) is 0 Å². The van der Waals surface area contributed by atoms with Gasteiger partial charge in [0.25, 0.3) is 0 Å². The summed E-state index contributed by atoms with van der Waals surface area (Å²) in [6.07, 6.45) is 0. The van der Waals surface area contributed by atoms with Crippen LogP contribution in [-0.4, -0.2) is 33.4 Å². The molecular formula is C13H17FN2O2S. The average molecular weight is 284 g/mol. The standard InChI is InChI=1S/C13H17FN2O2S/c1-13(2)9-15(5-6-19-13)8-10-3-4-12(16(17)18)11(14)7-10/h3-4,7H,5-6,8-9H2,1-2H3. The van der Waals surface area contributed by atoms with Crippen LogP contribution in [0.2, 0.25) is 0 Å². The number of nitro benzene ring substituents is 1. The van der Waals surface area contributed by atoms with Crippen molar-refractivity contribution >= 4 is 17.4 Å². The molecule has 19 heavy (non-hydrogen) atoms. The van der Waals surface area contributed by atoms with Gasteiger partial charge in [-0.25, -0.2) is 0 Å². The Balaban J connectivity index is 2.07. The van der Waals surface area contributed by atoms with Crippen molar-refractivity contribution in [3.05, 3.63) is 39.7 Å². The second-order valence-corrected chi connectivity index (χ2v) is 7.16. The first-order valence-corrected chi connectivity index (χ1v) is 7.15. The van der Waals surface area contributed by atoms with Crippen molar-refractivity contribution < 1.29 is 9.31 Å². The number of hydrogen-bond donors (Lipinski definition) is 0. The minimum atomic E-state index is -0.756. The number of hydrogen-bond acceptors (Lipinski definition) is 4. The van der Waals surface area contributed by atoms with Gasteiger partial charge in [0.05, 0.1) is 4.92 Å². The van der Waals surface area contributed by atoms with Crippen LogP contribution in [0.5, 0.6) is 0 Å². The lowest BCUT2D eigenvalue weighted by Gasteiger charge is -2.37. The molecule has 1 heterocycles. The molecule has 6 heteroatoms. The molecular weight excluding hydrogens is 267 g/mol. The van der Waals surface area contributed by atoms with Gasteiger partial charge in [-0.05, 0) is 25.5 Å². The molecule has 0 radical (unpaired) electrons. The molecule has 0 saturated carbocycles. The van der Waals surface area contributed by atoms with Gasteiger partial charge in [-0.1, -0.05) is 6.07 Å². The van der Waals surface area contributed by atoms with E-state index in [2.05, 4.69) is 18.7 Å². The highest BCUT2D eigenvalue weighted by molar-refractivity contribution is 8.00. The summed E-state index contributed by atoms with van der Waals surface area (Å²) in [6.45, 7) is 6.93. The maximum Gasteiger partial charge on any atom is 0.304 e. The summed E-state index contributed by atoms with van der Waals surface area (Å²) in [5.41, 5.74) is 0.323. The number of thioether (sulfide) groups is 1. The van der Waals surface area contributed by atoms with Gasteiger partial charge >= 0.3 is 5.69 Å². The van der Waals surface area contributed by atoms with Gasteiger partial charge in [0.2, 0.25) is 5.82 Å². The fourth-order valence-electron chi connectivity index (χ4n) is 2.30. The summed E-state index contributed by atoms with van der Waals surface area (Å²) in [5, 5.41) is 10.6. The zero-order chi connectivity index (χ0) is 14.0. The maximum absolute atomic E-state index is 13.5. The Morgan fingerprint density at radius 3 is 2.84 bits per heavy atom. The largest absolute Gasteiger partial charge is 0.304 e. The highest BCUT2D eigenvalue weighted by Gasteiger charge is 2.27. The van der Waals surface area contributed by atoms with Crippen molar-refractivity contribution in [1.82, 2.24) is 4.90 Å². The maximum atomic E-state index is 13.5. The zero-order valence-electron chi connectivity index (χ0n) is 11.1. The molecule has 104 valence electrons. The average Bonchev–Trinajstić information content (AvgIpc) is 2.27. The molecule has 0 aliphatic carbocycles. The van der Waals surface area contributed by atoms with E-state index < -0.39 is 16.4 Å². The summed E-state index contributed by atoms with van der Waals surface area (Å²) in [5.74, 6) is 0.302. The molecule has 0 bridgehead atoms. The van der Waals surface area contributed by atoms with E-state index in [1.165, 1.54) is 12.1 Å². The van der Waals surface area contributed by atoms with Crippen LogP contribution in [0, 0.1) is 15.9 Å². The fourth-order valence-corrected chi connectivity index (χ4v) is 3.48. The highest BCUT2D eigenvalue weighted by Crippen LogP contribution is 2.30. The Labute approximate surface area is 116 Å². The molecule has 1 aromatic carbocycles. The van der Waals surface area contributed by atoms with Gasteiger partial charge in [0.15, 0.2) is 0 Å². The summed E-state index contributed by atoms with van der Waals surface area (Å²) < 4.78 is 13.7. The van der Waals surface area contributed by atoms with E-state index in [4.69, 9.17) is 0 Å². The Kier molecular flexibility index (Phi) is 4.10. The second kappa shape index (κ2) is 5.46. The Morgan fingerprint density at radius 1 is 1.53 bits per heavy atom. The monoisotopic (exact) mass is 284 g/mol. The molecule has 0 N–H and O–H groups in total. The first-order chi connectivity index (χ1) is 8.87. The van der Waals surface area contributed by atoms with Crippen LogP contribution in [0.1, 0.15) is 19.4 Å². The first-order valence-electron chi connectivity index (χ1n) is 6.16. The molecule has 0 unspecified atom stereocenters. The van der Waals surface area contributed by atoms with E-state index in [0.717, 1.165) is 24.4 Å². The van der Waals surface area contributed by atoms with Gasteiger partial charge in [0, 0.05) is 36.2 Å². The van der Waals surface area contributed by atoms with Crippen molar-refractivity contribution in [3.8, 4) is 0 Å². The Morgan fingerprint density at radius 2 is 2.26 bits per heavy atom. The number of nitrogens with zero attached hydrogens (tertiary/aromatic N) is 2. The summed E-state index contributed by atoms with van der Waals surface area (Å²) >= 11 is 1.94. The number of benzene rings is 1. The number of rotatable bonds is 3. The third kappa shape index (κ3) is 3.67. The van der Waals surface area contributed by atoms with Gasteiger partial charge in [-0.2, -0.15) is 16.2 Å². The van der Waals surface area contributed by atoms with Crippen molar-refractivity contribution in [1.29, 1.82) is 0 Å². The van der Waals surface area contributed by atoms with Crippen molar-refractivity contribution in [2.45, 2.75) is 25.1 Å². The van der Waals surface area contributed by atoms with Crippen LogP contribution in [0.15, 0.2) is 18.2 Å². The minimum absolute atomic E-state index is 0.206. The molecule has 2 rings (SSSR count). The highest BCUT2D eigenvalue weighted by atomic mass is 32.2. The second-order valence-electron chi connectivity index (χ2n) is 5.36. The summed E-state index contributed by atoms with van der Waals surface area (Å²) in [7, 11) is 0. The van der Waals surface area contributed by atoms with E-state index in [1.54, 1.807) is 6.07 Å². The fraction of sp³-hybridized carbons (Fsp3) is 0.538. The number of nitro groups is 1. The van der Waals surface area contributed by atoms with Gasteiger partial charge in [0.1, 0.15) is 0 Å². The van der Waals surface area contributed by atoms with E-state index in [0.29, 0.717) is 6.54 Å². The first kappa shape index (κ1) is 14.3. The molecule has 0 amide bonds. The zero-order valence-corrected chi connectivity index (χ0v) is 11.9. The topological polar surface area (TPSA) is 46.4 Å². The summed E-state index contributed by atoms with van der Waals surface area (Å²) in [4.78, 5) is 12.1. The molecule has 4 nitrogen and oxygen atoms in total. The van der Waals surface area contributed by atoms with E-state index in [1.807, 2.05) is 11.8 Å². The van der Waals surface area contributed by atoms with Crippen LogP contribution in [0.4, 0.5) is 10.1 Å². The van der Waals surface area contributed by atoms with Crippen LogP contribution < -0.4 is 0 Å². The van der Waals surface area contributed by atoms with Crippen LogP contribution in [-0.2, 0) is 6.54 Å². The van der Waals surface area contributed by atoms with Crippen molar-refractivity contribution in [2.75, 3.05) is 18.8 Å². The van der Waals surface area contributed by atoms with E-state index in [-0.39, 0.29) is 4.75 Å². The third-order valence-electron chi connectivity index (χ3n) is 3.12. The lowest BCUT2D eigenvalue weighted by molar-refractivity contribution is -0.387. The van der Waals surface area contributed by atoms with Crippen LogP contribution in [0.3, 0.4) is 0 Å². The molecule has 1 aliphatic rings. The lowest BCUT2D eigenvalue weighted by Crippen LogP contribution is -2.42. The molecule has 1 saturated heterocycles. The lowest BCUT2D eigenvalue weighted by atomic mass is 10.1. The molecule has 1 aliphatic heterocycles. The van der Waals surface area contributed by atoms with Gasteiger partial charge < -0.3 is 0 Å². The predicted molar refractivity (Wildman–Crippen MR) is 74.9 cm³/mol. The quantitative estimate of drug-likeness (QED) is 0.632. The molecule has 1 aromatic rings. The SMILES string of the molecule is CC1(C)CN(Cc2ccc([N+](=O)[O-])c(F)c2)CCS1. The smallest absolute Gasteiger partial charge is 0.297 e. The van der Waals surface area contributed by atoms with Crippen LogP contribution in [0.25, 0.3) is 0 Å². The Bertz CT molecular complexity index is 494. The summed E-state index contributed by atoms with van der Waals surface area (Å²) in [6, 6.07) is 4.15. The Hall–Kier alpha value is -1.14. The van der Waals surface area contributed by atoms with E-state index >= 15 is 0 Å². The molecule has 0 spiro atoms. The van der Waals surface area contributed by atoms with E-state index in [9.17, 15) is 14.5 Å². The third-order valence-corrected chi connectivity index (χ3v) is 4.42.